The number of rotatable bonds is 4. The molecule has 0 spiro atoms. The van der Waals surface area contributed by atoms with Gasteiger partial charge in [-0.25, -0.2) is 15.0 Å². The van der Waals surface area contributed by atoms with Crippen LogP contribution in [0.5, 0.6) is 0 Å². The molecule has 132 valence electrons. The quantitative estimate of drug-likeness (QED) is 0.494. The number of aliphatic hydroxyl groups excluding tert-OH is 2. The molecular formula is C14H22N6O4. The van der Waals surface area contributed by atoms with Gasteiger partial charge in [-0.3, -0.25) is 4.57 Å². The lowest BCUT2D eigenvalue weighted by Crippen LogP contribution is -2.51. The van der Waals surface area contributed by atoms with Crippen molar-refractivity contribution in [1.29, 1.82) is 0 Å². The molecule has 10 heteroatoms. The highest BCUT2D eigenvalue weighted by molar-refractivity contribution is 5.81. The van der Waals surface area contributed by atoms with E-state index in [1.165, 1.54) is 24.3 Å². The Morgan fingerprint density at radius 1 is 1.33 bits per heavy atom. The molecule has 0 aliphatic carbocycles. The standard InChI is InChI=1S/C14H22N6O4/c1-7(2)20(3,23)4-8-10(21)11(22)14(24-8)19-6-18-9-12(15)16-5-17-13(9)19/h5-8,10-11,14,21-22H,4H2,1-3H3,(H2,15,16,17)/t8-,10-,11-,14-,20?/m1/s1. The number of nitrogens with two attached hydrogens (primary N) is 1. The highest BCUT2D eigenvalue weighted by Crippen LogP contribution is 2.33. The summed E-state index contributed by atoms with van der Waals surface area (Å²) in [4.78, 5) is 12.1. The predicted molar refractivity (Wildman–Crippen MR) is 85.2 cm³/mol. The van der Waals surface area contributed by atoms with Crippen molar-refractivity contribution in [1.82, 2.24) is 19.5 Å². The predicted octanol–water partition coefficient (Wildman–Crippen LogP) is -0.619. The molecule has 0 bridgehead atoms. The zero-order chi connectivity index (χ0) is 17.6. The van der Waals surface area contributed by atoms with Crippen LogP contribution < -0.4 is 5.73 Å². The van der Waals surface area contributed by atoms with E-state index in [1.54, 1.807) is 13.8 Å². The second kappa shape index (κ2) is 5.90. The van der Waals surface area contributed by atoms with Crippen LogP contribution in [-0.4, -0.2) is 72.3 Å². The van der Waals surface area contributed by atoms with Gasteiger partial charge in [-0.05, 0) is 13.8 Å². The monoisotopic (exact) mass is 338 g/mol. The van der Waals surface area contributed by atoms with E-state index in [1.807, 2.05) is 0 Å². The molecule has 5 atom stereocenters. The number of hydrogen-bond donors (Lipinski definition) is 3. The van der Waals surface area contributed by atoms with Gasteiger partial charge >= 0.3 is 0 Å². The summed E-state index contributed by atoms with van der Waals surface area (Å²) in [5.74, 6) is 0.215. The Bertz CT molecular complexity index is 733. The molecule has 1 aliphatic heterocycles. The van der Waals surface area contributed by atoms with Crippen LogP contribution in [0.15, 0.2) is 12.7 Å². The topological polar surface area (TPSA) is 142 Å². The number of anilines is 1. The van der Waals surface area contributed by atoms with Crippen LogP contribution in [0.4, 0.5) is 5.82 Å². The van der Waals surface area contributed by atoms with E-state index in [2.05, 4.69) is 15.0 Å². The number of aliphatic hydroxyl groups is 2. The number of hydroxylamine groups is 3. The van der Waals surface area contributed by atoms with Crippen molar-refractivity contribution in [2.45, 2.75) is 44.4 Å². The normalized spacial score (nSPS) is 30.1. The van der Waals surface area contributed by atoms with Gasteiger partial charge in [-0.2, -0.15) is 0 Å². The minimum atomic E-state index is -1.21. The number of nitrogens with zero attached hydrogens (tertiary/aromatic N) is 5. The summed E-state index contributed by atoms with van der Waals surface area (Å²) in [5, 5.41) is 33.1. The Labute approximate surface area is 138 Å². The summed E-state index contributed by atoms with van der Waals surface area (Å²) >= 11 is 0. The van der Waals surface area contributed by atoms with Crippen LogP contribution in [0.3, 0.4) is 0 Å². The van der Waals surface area contributed by atoms with Crippen LogP contribution in [0.2, 0.25) is 0 Å². The minimum Gasteiger partial charge on any atom is -0.633 e. The molecule has 3 rings (SSSR count). The zero-order valence-electron chi connectivity index (χ0n) is 13.8. The Hall–Kier alpha value is -1.85. The van der Waals surface area contributed by atoms with Crippen LogP contribution in [0.25, 0.3) is 11.2 Å². The number of quaternary nitrogens is 1. The van der Waals surface area contributed by atoms with Gasteiger partial charge in [0.1, 0.15) is 36.7 Å². The van der Waals surface area contributed by atoms with Crippen molar-refractivity contribution in [3.63, 3.8) is 0 Å². The Balaban J connectivity index is 1.88. The lowest BCUT2D eigenvalue weighted by molar-refractivity contribution is -0.885. The second-order valence-corrected chi connectivity index (χ2v) is 6.58. The van der Waals surface area contributed by atoms with Gasteiger partial charge in [0.05, 0.1) is 19.4 Å². The molecule has 4 N–H and O–H groups in total. The van der Waals surface area contributed by atoms with Crippen molar-refractivity contribution in [2.24, 2.45) is 0 Å². The fraction of sp³-hybridized carbons (Fsp3) is 0.643. The lowest BCUT2D eigenvalue weighted by Gasteiger charge is -2.44. The number of fused-ring (bicyclic) bond motifs is 1. The van der Waals surface area contributed by atoms with Crippen LogP contribution in [0.1, 0.15) is 20.1 Å². The fourth-order valence-electron chi connectivity index (χ4n) is 2.73. The van der Waals surface area contributed by atoms with Crippen molar-refractivity contribution < 1.29 is 19.6 Å². The van der Waals surface area contributed by atoms with Gasteiger partial charge in [0, 0.05) is 0 Å². The van der Waals surface area contributed by atoms with Crippen LogP contribution in [0, 0.1) is 5.21 Å². The average molecular weight is 338 g/mol. The van der Waals surface area contributed by atoms with E-state index < -0.39 is 29.2 Å². The average Bonchev–Trinajstić information content (AvgIpc) is 3.04. The maximum atomic E-state index is 12.5. The van der Waals surface area contributed by atoms with Gasteiger partial charge in [0.2, 0.25) is 0 Å². The van der Waals surface area contributed by atoms with E-state index in [0.29, 0.717) is 11.2 Å². The summed E-state index contributed by atoms with van der Waals surface area (Å²) in [6, 6.07) is -0.196. The molecule has 0 radical (unpaired) electrons. The Morgan fingerprint density at radius 2 is 2.04 bits per heavy atom. The van der Waals surface area contributed by atoms with E-state index in [-0.39, 0.29) is 18.4 Å². The molecule has 2 aromatic rings. The summed E-state index contributed by atoms with van der Waals surface area (Å²) in [7, 11) is 1.51. The number of nitrogen functional groups attached to an aromatic ring is 1. The van der Waals surface area contributed by atoms with Gasteiger partial charge < -0.3 is 30.5 Å². The zero-order valence-corrected chi connectivity index (χ0v) is 13.8. The van der Waals surface area contributed by atoms with E-state index in [0.717, 1.165) is 0 Å². The first-order chi connectivity index (χ1) is 11.2. The molecule has 1 aliphatic rings. The van der Waals surface area contributed by atoms with Crippen LogP contribution >= 0.6 is 0 Å². The Morgan fingerprint density at radius 3 is 2.71 bits per heavy atom. The van der Waals surface area contributed by atoms with Gasteiger partial charge in [0.15, 0.2) is 17.7 Å². The first kappa shape index (κ1) is 17.0. The molecular weight excluding hydrogens is 316 g/mol. The van der Waals surface area contributed by atoms with E-state index in [9.17, 15) is 15.4 Å². The first-order valence-corrected chi connectivity index (χ1v) is 7.73. The van der Waals surface area contributed by atoms with E-state index in [4.69, 9.17) is 10.5 Å². The number of likely N-dealkylation sites (N-methyl/N-ethyl adjacent to an activating group) is 1. The van der Waals surface area contributed by atoms with Crippen molar-refractivity contribution in [3.05, 3.63) is 17.9 Å². The van der Waals surface area contributed by atoms with E-state index >= 15 is 0 Å². The second-order valence-electron chi connectivity index (χ2n) is 6.58. The molecule has 1 unspecified atom stereocenters. The smallest absolute Gasteiger partial charge is 0.167 e. The van der Waals surface area contributed by atoms with Crippen molar-refractivity contribution in [2.75, 3.05) is 19.3 Å². The van der Waals surface area contributed by atoms with Gasteiger partial charge in [0.25, 0.3) is 0 Å². The third kappa shape index (κ3) is 2.72. The Kier molecular flexibility index (Phi) is 4.18. The maximum Gasteiger partial charge on any atom is 0.167 e. The van der Waals surface area contributed by atoms with Gasteiger partial charge in [-0.15, -0.1) is 0 Å². The first-order valence-electron chi connectivity index (χ1n) is 7.73. The molecule has 2 aromatic heterocycles. The summed E-state index contributed by atoms with van der Waals surface area (Å²) < 4.78 is 6.68. The molecule has 0 saturated carbocycles. The fourth-order valence-corrected chi connectivity index (χ4v) is 2.73. The summed E-state index contributed by atoms with van der Waals surface area (Å²) in [6.07, 6.45) is -1.39. The van der Waals surface area contributed by atoms with Gasteiger partial charge in [-0.1, -0.05) is 0 Å². The summed E-state index contributed by atoms with van der Waals surface area (Å²) in [6.45, 7) is 3.62. The minimum absolute atomic E-state index is 0.0240. The third-order valence-electron chi connectivity index (χ3n) is 4.63. The van der Waals surface area contributed by atoms with Crippen LogP contribution in [-0.2, 0) is 4.74 Å². The number of hydrogen-bond acceptors (Lipinski definition) is 8. The molecule has 10 nitrogen and oxygen atoms in total. The largest absolute Gasteiger partial charge is 0.633 e. The SMILES string of the molecule is CC(C)[N+](C)([O-])C[C@H]1O[C@@H](n2cnc3c(N)ncnc32)[C@H](O)[C@@H]1O. The molecule has 1 saturated heterocycles. The highest BCUT2D eigenvalue weighted by Gasteiger charge is 2.46. The molecule has 0 amide bonds. The number of aromatic nitrogens is 4. The van der Waals surface area contributed by atoms with Crippen molar-refractivity contribution >= 4 is 17.0 Å². The molecule has 0 aromatic carbocycles. The maximum absolute atomic E-state index is 12.5. The molecule has 3 heterocycles. The summed E-state index contributed by atoms with van der Waals surface area (Å²) in [5.41, 5.74) is 6.53. The van der Waals surface area contributed by atoms with Crippen molar-refractivity contribution in [3.8, 4) is 0 Å². The lowest BCUT2D eigenvalue weighted by atomic mass is 10.1. The highest BCUT2D eigenvalue weighted by atomic mass is 16.6. The number of ether oxygens (including phenoxy) is 1. The number of imidazole rings is 1. The molecule has 24 heavy (non-hydrogen) atoms. The molecule has 1 fully saturated rings. The third-order valence-corrected chi connectivity index (χ3v) is 4.63.